The molecule has 1 aliphatic rings. The highest BCUT2D eigenvalue weighted by Crippen LogP contribution is 2.33. The topological polar surface area (TPSA) is 43.4 Å². The van der Waals surface area contributed by atoms with Crippen molar-refractivity contribution in [1.82, 2.24) is 10.3 Å². The van der Waals surface area contributed by atoms with Gasteiger partial charge >= 0.3 is 0 Å². The van der Waals surface area contributed by atoms with Crippen LogP contribution >= 0.6 is 11.6 Å². The van der Waals surface area contributed by atoms with Gasteiger partial charge in [0, 0.05) is 18.7 Å². The molecule has 3 rings (SSSR count). The fourth-order valence-corrected chi connectivity index (χ4v) is 2.70. The van der Waals surface area contributed by atoms with Crippen molar-refractivity contribution in [1.29, 1.82) is 0 Å². The van der Waals surface area contributed by atoms with Gasteiger partial charge < -0.3 is 14.8 Å². The van der Waals surface area contributed by atoms with E-state index in [0.29, 0.717) is 29.9 Å². The highest BCUT2D eigenvalue weighted by molar-refractivity contribution is 6.32. The average molecular weight is 337 g/mol. The van der Waals surface area contributed by atoms with Crippen LogP contribution < -0.4 is 14.8 Å². The Kier molecular flexibility index (Phi) is 5.31. The van der Waals surface area contributed by atoms with Crippen molar-refractivity contribution in [3.8, 4) is 17.4 Å². The first-order chi connectivity index (χ1) is 11.2. The summed E-state index contributed by atoms with van der Waals surface area (Å²) in [5, 5.41) is 3.55. The van der Waals surface area contributed by atoms with E-state index in [1.807, 2.05) is 0 Å². The number of piperidine rings is 1. The van der Waals surface area contributed by atoms with Gasteiger partial charge in [0.1, 0.15) is 11.6 Å². The number of hydrogen-bond donors (Lipinski definition) is 1. The molecule has 2 heterocycles. The molecule has 23 heavy (non-hydrogen) atoms. The lowest BCUT2D eigenvalue weighted by Gasteiger charge is -2.23. The SMILES string of the molecule is Fc1ccc(Oc2ncccc2OCC2CCCNC2)c(Cl)c1. The minimum atomic E-state index is -0.412. The smallest absolute Gasteiger partial charge is 0.262 e. The van der Waals surface area contributed by atoms with Gasteiger partial charge in [0.25, 0.3) is 5.88 Å². The normalized spacial score (nSPS) is 17.7. The zero-order valence-corrected chi connectivity index (χ0v) is 13.4. The maximum atomic E-state index is 13.1. The van der Waals surface area contributed by atoms with Gasteiger partial charge in [-0.1, -0.05) is 11.6 Å². The minimum Gasteiger partial charge on any atom is -0.488 e. The second-order valence-electron chi connectivity index (χ2n) is 5.51. The van der Waals surface area contributed by atoms with Crippen LogP contribution in [0.2, 0.25) is 5.02 Å². The Hall–Kier alpha value is -1.85. The van der Waals surface area contributed by atoms with Crippen LogP contribution in [0.4, 0.5) is 4.39 Å². The number of ether oxygens (including phenoxy) is 2. The number of nitrogens with one attached hydrogen (secondary N) is 1. The van der Waals surface area contributed by atoms with Crippen molar-refractivity contribution in [2.45, 2.75) is 12.8 Å². The highest BCUT2D eigenvalue weighted by atomic mass is 35.5. The molecule has 1 atom stereocenters. The second-order valence-corrected chi connectivity index (χ2v) is 5.91. The van der Waals surface area contributed by atoms with E-state index >= 15 is 0 Å². The first kappa shape index (κ1) is 16.0. The largest absolute Gasteiger partial charge is 0.488 e. The van der Waals surface area contributed by atoms with Gasteiger partial charge in [-0.05, 0) is 49.7 Å². The van der Waals surface area contributed by atoms with E-state index < -0.39 is 5.82 Å². The van der Waals surface area contributed by atoms with Crippen LogP contribution in [-0.4, -0.2) is 24.7 Å². The summed E-state index contributed by atoms with van der Waals surface area (Å²) in [6.07, 6.45) is 3.92. The molecule has 1 aliphatic heterocycles. The number of halogens is 2. The first-order valence-electron chi connectivity index (χ1n) is 7.64. The Labute approximate surface area is 139 Å². The molecule has 0 saturated carbocycles. The summed E-state index contributed by atoms with van der Waals surface area (Å²) in [5.41, 5.74) is 0. The summed E-state index contributed by atoms with van der Waals surface area (Å²) in [6, 6.07) is 7.55. The number of aromatic nitrogens is 1. The third kappa shape index (κ3) is 4.33. The summed E-state index contributed by atoms with van der Waals surface area (Å²) in [7, 11) is 0. The Morgan fingerprint density at radius 3 is 3.00 bits per heavy atom. The molecular formula is C17H18ClFN2O2. The maximum Gasteiger partial charge on any atom is 0.262 e. The number of nitrogens with zero attached hydrogens (tertiary/aromatic N) is 1. The molecule has 0 bridgehead atoms. The van der Waals surface area contributed by atoms with E-state index in [-0.39, 0.29) is 5.02 Å². The molecule has 4 nitrogen and oxygen atoms in total. The molecule has 0 amide bonds. The molecule has 1 aromatic heterocycles. The summed E-state index contributed by atoms with van der Waals surface area (Å²) in [6.45, 7) is 2.63. The van der Waals surface area contributed by atoms with Gasteiger partial charge in [-0.2, -0.15) is 0 Å². The van der Waals surface area contributed by atoms with E-state index in [4.69, 9.17) is 21.1 Å². The number of hydrogen-bond acceptors (Lipinski definition) is 4. The molecule has 0 spiro atoms. The van der Waals surface area contributed by atoms with Crippen molar-refractivity contribution >= 4 is 11.6 Å². The molecular weight excluding hydrogens is 319 g/mol. The van der Waals surface area contributed by atoms with Crippen LogP contribution in [0.15, 0.2) is 36.5 Å². The summed E-state index contributed by atoms with van der Waals surface area (Å²) >= 11 is 5.99. The Balaban J connectivity index is 1.69. The molecule has 1 fully saturated rings. The molecule has 1 aromatic carbocycles. The van der Waals surface area contributed by atoms with Gasteiger partial charge in [-0.25, -0.2) is 9.37 Å². The number of rotatable bonds is 5. The monoisotopic (exact) mass is 336 g/mol. The molecule has 122 valence electrons. The van der Waals surface area contributed by atoms with Gasteiger partial charge in [0.05, 0.1) is 11.6 Å². The van der Waals surface area contributed by atoms with E-state index in [1.165, 1.54) is 18.2 Å². The lowest BCUT2D eigenvalue weighted by atomic mass is 10.0. The number of benzene rings is 1. The van der Waals surface area contributed by atoms with Gasteiger partial charge in [0.2, 0.25) is 0 Å². The molecule has 6 heteroatoms. The molecule has 2 aromatic rings. The maximum absolute atomic E-state index is 13.1. The van der Waals surface area contributed by atoms with E-state index in [0.717, 1.165) is 25.9 Å². The lowest BCUT2D eigenvalue weighted by molar-refractivity contribution is 0.212. The standard InChI is InChI=1S/C17H18ClFN2O2/c18-14-9-13(19)5-6-15(14)23-17-16(4-2-8-21-17)22-11-12-3-1-7-20-10-12/h2,4-6,8-9,12,20H,1,3,7,10-11H2. The Morgan fingerprint density at radius 2 is 2.22 bits per heavy atom. The average Bonchev–Trinajstić information content (AvgIpc) is 2.57. The van der Waals surface area contributed by atoms with Gasteiger partial charge in [0.15, 0.2) is 5.75 Å². The quantitative estimate of drug-likeness (QED) is 0.894. The summed E-state index contributed by atoms with van der Waals surface area (Å²) in [5.74, 6) is 1.29. The predicted molar refractivity (Wildman–Crippen MR) is 86.8 cm³/mol. The van der Waals surface area contributed by atoms with Crippen molar-refractivity contribution < 1.29 is 13.9 Å². The predicted octanol–water partition coefficient (Wildman–Crippen LogP) is 4.04. The van der Waals surface area contributed by atoms with Crippen molar-refractivity contribution in [3.05, 3.63) is 47.4 Å². The molecule has 0 aliphatic carbocycles. The van der Waals surface area contributed by atoms with E-state index in [9.17, 15) is 4.39 Å². The fraction of sp³-hybridized carbons (Fsp3) is 0.353. The van der Waals surface area contributed by atoms with Crippen LogP contribution in [0.25, 0.3) is 0 Å². The zero-order chi connectivity index (χ0) is 16.1. The van der Waals surface area contributed by atoms with Crippen LogP contribution in [0.1, 0.15) is 12.8 Å². The molecule has 1 saturated heterocycles. The van der Waals surface area contributed by atoms with Crippen LogP contribution in [0.3, 0.4) is 0 Å². The summed E-state index contributed by atoms with van der Waals surface area (Å²) < 4.78 is 24.7. The zero-order valence-electron chi connectivity index (χ0n) is 12.6. The molecule has 1 N–H and O–H groups in total. The molecule has 1 unspecified atom stereocenters. The Bertz CT molecular complexity index is 663. The van der Waals surface area contributed by atoms with Crippen LogP contribution in [0.5, 0.6) is 17.4 Å². The van der Waals surface area contributed by atoms with E-state index in [1.54, 1.807) is 18.3 Å². The van der Waals surface area contributed by atoms with Gasteiger partial charge in [-0.3, -0.25) is 0 Å². The lowest BCUT2D eigenvalue weighted by Crippen LogP contribution is -2.33. The number of pyridine rings is 1. The highest BCUT2D eigenvalue weighted by Gasteiger charge is 2.16. The van der Waals surface area contributed by atoms with E-state index in [2.05, 4.69) is 10.3 Å². The summed E-state index contributed by atoms with van der Waals surface area (Å²) in [4.78, 5) is 4.19. The molecule has 0 radical (unpaired) electrons. The first-order valence-corrected chi connectivity index (χ1v) is 8.01. The van der Waals surface area contributed by atoms with Crippen molar-refractivity contribution in [2.75, 3.05) is 19.7 Å². The van der Waals surface area contributed by atoms with Gasteiger partial charge in [-0.15, -0.1) is 0 Å². The minimum absolute atomic E-state index is 0.193. The van der Waals surface area contributed by atoms with Crippen molar-refractivity contribution in [2.24, 2.45) is 5.92 Å². The second kappa shape index (κ2) is 7.62. The fourth-order valence-electron chi connectivity index (χ4n) is 2.50. The van der Waals surface area contributed by atoms with Crippen molar-refractivity contribution in [3.63, 3.8) is 0 Å². The third-order valence-electron chi connectivity index (χ3n) is 3.71. The third-order valence-corrected chi connectivity index (χ3v) is 4.01. The van der Waals surface area contributed by atoms with Crippen LogP contribution in [0, 0.1) is 11.7 Å². The van der Waals surface area contributed by atoms with Crippen LogP contribution in [-0.2, 0) is 0 Å². The Morgan fingerprint density at radius 1 is 1.30 bits per heavy atom.